The van der Waals surface area contributed by atoms with Crippen LogP contribution < -0.4 is 10.2 Å². The SMILES string of the molecule is CCc1ccc(N2C(=S)c3ccccc3NC2(C)C)cc1. The molecule has 1 aliphatic heterocycles. The molecule has 0 atom stereocenters. The van der Waals surface area contributed by atoms with Crippen molar-refractivity contribution in [1.82, 2.24) is 0 Å². The average Bonchev–Trinajstić information content (AvgIpc) is 2.47. The van der Waals surface area contributed by atoms with Crippen molar-refractivity contribution in [2.75, 3.05) is 10.2 Å². The number of benzene rings is 2. The average molecular weight is 296 g/mol. The highest BCUT2D eigenvalue weighted by atomic mass is 32.1. The molecule has 1 N–H and O–H groups in total. The van der Waals surface area contributed by atoms with Gasteiger partial charge in [0.05, 0.1) is 0 Å². The first kappa shape index (κ1) is 14.1. The largest absolute Gasteiger partial charge is 0.362 e. The van der Waals surface area contributed by atoms with Crippen molar-refractivity contribution in [2.24, 2.45) is 0 Å². The Hall–Kier alpha value is -1.87. The number of hydrogen-bond acceptors (Lipinski definition) is 2. The lowest BCUT2D eigenvalue weighted by Gasteiger charge is -2.46. The van der Waals surface area contributed by atoms with Gasteiger partial charge in [-0.25, -0.2) is 0 Å². The molecule has 2 aromatic rings. The second kappa shape index (κ2) is 5.15. The number of anilines is 2. The number of thiocarbonyl (C=S) groups is 1. The highest BCUT2D eigenvalue weighted by molar-refractivity contribution is 7.81. The molecule has 0 bridgehead atoms. The van der Waals surface area contributed by atoms with Gasteiger partial charge in [0.1, 0.15) is 10.7 Å². The molecule has 1 aliphatic rings. The second-order valence-electron chi connectivity index (χ2n) is 5.89. The summed E-state index contributed by atoms with van der Waals surface area (Å²) in [6, 6.07) is 16.9. The Morgan fingerprint density at radius 2 is 1.71 bits per heavy atom. The van der Waals surface area contributed by atoms with Gasteiger partial charge < -0.3 is 10.2 Å². The summed E-state index contributed by atoms with van der Waals surface area (Å²) >= 11 is 5.76. The number of hydrogen-bond donors (Lipinski definition) is 1. The van der Waals surface area contributed by atoms with E-state index in [1.807, 2.05) is 12.1 Å². The van der Waals surface area contributed by atoms with E-state index in [0.29, 0.717) is 0 Å². The van der Waals surface area contributed by atoms with Gasteiger partial charge in [-0.1, -0.05) is 43.4 Å². The molecule has 0 fully saturated rings. The molecule has 0 saturated carbocycles. The molecule has 108 valence electrons. The molecule has 0 aromatic heterocycles. The number of nitrogens with one attached hydrogen (secondary N) is 1. The third-order valence-corrected chi connectivity index (χ3v) is 4.37. The predicted molar refractivity (Wildman–Crippen MR) is 94.1 cm³/mol. The Kier molecular flexibility index (Phi) is 3.46. The highest BCUT2D eigenvalue weighted by Gasteiger charge is 2.35. The molecule has 0 aliphatic carbocycles. The van der Waals surface area contributed by atoms with Crippen LogP contribution in [0.15, 0.2) is 48.5 Å². The summed E-state index contributed by atoms with van der Waals surface area (Å²) in [6.07, 6.45) is 1.05. The maximum absolute atomic E-state index is 5.76. The van der Waals surface area contributed by atoms with Crippen LogP contribution in [0.3, 0.4) is 0 Å². The molecule has 21 heavy (non-hydrogen) atoms. The van der Waals surface area contributed by atoms with Crippen molar-refractivity contribution < 1.29 is 0 Å². The molecule has 0 unspecified atom stereocenters. The van der Waals surface area contributed by atoms with Crippen LogP contribution in [0.4, 0.5) is 11.4 Å². The van der Waals surface area contributed by atoms with Gasteiger partial charge in [0.25, 0.3) is 0 Å². The van der Waals surface area contributed by atoms with Crippen LogP contribution in [0.2, 0.25) is 0 Å². The first-order valence-electron chi connectivity index (χ1n) is 7.33. The molecular formula is C18H20N2S. The third kappa shape index (κ3) is 2.42. The maximum atomic E-state index is 5.76. The zero-order valence-corrected chi connectivity index (χ0v) is 13.5. The van der Waals surface area contributed by atoms with Crippen LogP contribution in [-0.2, 0) is 6.42 Å². The third-order valence-electron chi connectivity index (χ3n) is 3.96. The topological polar surface area (TPSA) is 15.3 Å². The minimum Gasteiger partial charge on any atom is -0.362 e. The van der Waals surface area contributed by atoms with E-state index in [1.165, 1.54) is 5.56 Å². The van der Waals surface area contributed by atoms with E-state index in [0.717, 1.165) is 28.3 Å². The first-order valence-corrected chi connectivity index (χ1v) is 7.74. The van der Waals surface area contributed by atoms with Crippen molar-refractivity contribution in [3.05, 3.63) is 59.7 Å². The van der Waals surface area contributed by atoms with Crippen LogP contribution >= 0.6 is 12.2 Å². The van der Waals surface area contributed by atoms with E-state index in [-0.39, 0.29) is 5.66 Å². The Balaban J connectivity index is 2.06. The summed E-state index contributed by atoms with van der Waals surface area (Å²) in [7, 11) is 0. The second-order valence-corrected chi connectivity index (χ2v) is 6.28. The first-order chi connectivity index (χ1) is 10.0. The molecule has 0 spiro atoms. The van der Waals surface area contributed by atoms with E-state index < -0.39 is 0 Å². The maximum Gasteiger partial charge on any atom is 0.117 e. The number of nitrogens with zero attached hydrogens (tertiary/aromatic N) is 1. The summed E-state index contributed by atoms with van der Waals surface area (Å²) in [5.41, 5.74) is 4.41. The van der Waals surface area contributed by atoms with E-state index in [9.17, 15) is 0 Å². The van der Waals surface area contributed by atoms with E-state index in [2.05, 4.69) is 67.4 Å². The van der Waals surface area contributed by atoms with Gasteiger partial charge >= 0.3 is 0 Å². The number of rotatable bonds is 2. The van der Waals surface area contributed by atoms with Gasteiger partial charge in [-0.3, -0.25) is 0 Å². The van der Waals surface area contributed by atoms with E-state index in [1.54, 1.807) is 0 Å². The molecule has 0 saturated heterocycles. The molecular weight excluding hydrogens is 276 g/mol. The number of aryl methyl sites for hydroxylation is 1. The summed E-state index contributed by atoms with van der Waals surface area (Å²) in [6.45, 7) is 6.48. The molecule has 2 nitrogen and oxygen atoms in total. The van der Waals surface area contributed by atoms with Crippen molar-refractivity contribution in [1.29, 1.82) is 0 Å². The van der Waals surface area contributed by atoms with Gasteiger partial charge in [0, 0.05) is 16.9 Å². The molecule has 1 heterocycles. The summed E-state index contributed by atoms with van der Waals surface area (Å²) < 4.78 is 0. The van der Waals surface area contributed by atoms with Gasteiger partial charge in [0.15, 0.2) is 0 Å². The highest BCUT2D eigenvalue weighted by Crippen LogP contribution is 2.35. The van der Waals surface area contributed by atoms with Crippen molar-refractivity contribution in [2.45, 2.75) is 32.9 Å². The summed E-state index contributed by atoms with van der Waals surface area (Å²) in [4.78, 5) is 3.07. The summed E-state index contributed by atoms with van der Waals surface area (Å²) in [5.74, 6) is 0. The lowest BCUT2D eigenvalue weighted by Crippen LogP contribution is -2.56. The van der Waals surface area contributed by atoms with E-state index in [4.69, 9.17) is 12.2 Å². The van der Waals surface area contributed by atoms with E-state index >= 15 is 0 Å². The van der Waals surface area contributed by atoms with Gasteiger partial charge in [-0.05, 0) is 50.1 Å². The van der Waals surface area contributed by atoms with Crippen LogP contribution in [0.5, 0.6) is 0 Å². The van der Waals surface area contributed by atoms with Crippen LogP contribution in [0, 0.1) is 0 Å². The normalized spacial score (nSPS) is 16.3. The fourth-order valence-corrected chi connectivity index (χ4v) is 3.37. The zero-order chi connectivity index (χ0) is 15.0. The minimum absolute atomic E-state index is 0.251. The molecule has 3 heteroatoms. The minimum atomic E-state index is -0.251. The molecule has 0 radical (unpaired) electrons. The van der Waals surface area contributed by atoms with Crippen molar-refractivity contribution in [3.8, 4) is 0 Å². The summed E-state index contributed by atoms with van der Waals surface area (Å²) in [5, 5.41) is 3.58. The fourth-order valence-electron chi connectivity index (χ4n) is 2.86. The van der Waals surface area contributed by atoms with Crippen LogP contribution in [-0.4, -0.2) is 10.7 Å². The van der Waals surface area contributed by atoms with Gasteiger partial charge in [-0.15, -0.1) is 0 Å². The molecule has 0 amide bonds. The smallest absolute Gasteiger partial charge is 0.117 e. The quantitative estimate of drug-likeness (QED) is 0.816. The van der Waals surface area contributed by atoms with Crippen LogP contribution in [0.1, 0.15) is 31.9 Å². The van der Waals surface area contributed by atoms with Gasteiger partial charge in [-0.2, -0.15) is 0 Å². The lowest BCUT2D eigenvalue weighted by molar-refractivity contribution is 0.585. The lowest BCUT2D eigenvalue weighted by atomic mass is 10.0. The monoisotopic (exact) mass is 296 g/mol. The van der Waals surface area contributed by atoms with Crippen molar-refractivity contribution >= 4 is 28.6 Å². The Bertz CT molecular complexity index is 674. The van der Waals surface area contributed by atoms with Crippen LogP contribution in [0.25, 0.3) is 0 Å². The Labute approximate surface area is 131 Å². The Morgan fingerprint density at radius 1 is 1.05 bits per heavy atom. The standard InChI is InChI=1S/C18H20N2S/c1-4-13-9-11-14(12-10-13)20-17(21)15-7-5-6-8-16(15)19-18(20,2)3/h5-12,19H,4H2,1-3H3. The number of para-hydroxylation sites is 1. The number of fused-ring (bicyclic) bond motifs is 1. The van der Waals surface area contributed by atoms with Gasteiger partial charge in [0.2, 0.25) is 0 Å². The fraction of sp³-hybridized carbons (Fsp3) is 0.278. The Morgan fingerprint density at radius 3 is 2.38 bits per heavy atom. The molecule has 3 rings (SSSR count). The van der Waals surface area contributed by atoms with Crippen molar-refractivity contribution in [3.63, 3.8) is 0 Å². The predicted octanol–water partition coefficient (Wildman–Crippen LogP) is 4.59. The molecule has 2 aromatic carbocycles. The zero-order valence-electron chi connectivity index (χ0n) is 12.7.